The number of carboxylic acids is 1. The number of carboxylic acid groups (broad SMARTS) is 1. The van der Waals surface area contributed by atoms with Crippen molar-refractivity contribution in [3.63, 3.8) is 0 Å². The molecule has 1 heterocycles. The number of benzene rings is 1. The van der Waals surface area contributed by atoms with E-state index in [4.69, 9.17) is 22.4 Å². The zero-order chi connectivity index (χ0) is 13.8. The molecule has 7 heteroatoms. The first-order valence-corrected chi connectivity index (χ1v) is 5.99. The second kappa shape index (κ2) is 5.62. The highest BCUT2D eigenvalue weighted by molar-refractivity contribution is 6.34. The van der Waals surface area contributed by atoms with Gasteiger partial charge in [-0.25, -0.2) is 4.79 Å². The Hall–Kier alpha value is -2.21. The molecular weight excluding hydrogens is 268 g/mol. The van der Waals surface area contributed by atoms with E-state index < -0.39 is 5.97 Å². The number of anilines is 2. The van der Waals surface area contributed by atoms with E-state index >= 15 is 0 Å². The van der Waals surface area contributed by atoms with E-state index in [2.05, 4.69) is 10.4 Å². The molecule has 0 saturated heterocycles. The predicted octanol–water partition coefficient (Wildman–Crippen LogP) is 1.93. The smallest absolute Gasteiger partial charge is 0.337 e. The first-order valence-electron chi connectivity index (χ1n) is 5.61. The maximum Gasteiger partial charge on any atom is 0.337 e. The number of nitrogens with one attached hydrogen (secondary N) is 1. The molecule has 0 bridgehead atoms. The number of hydrogen-bond donors (Lipinski definition) is 3. The highest BCUT2D eigenvalue weighted by Crippen LogP contribution is 2.29. The number of aromatic nitrogens is 2. The number of nitrogen functional groups attached to an aromatic ring is 1. The molecule has 19 heavy (non-hydrogen) atoms. The third-order valence-corrected chi connectivity index (χ3v) is 2.84. The summed E-state index contributed by atoms with van der Waals surface area (Å²) >= 11 is 6.01. The molecule has 0 unspecified atom stereocenters. The van der Waals surface area contributed by atoms with Gasteiger partial charge < -0.3 is 16.2 Å². The molecule has 4 N–H and O–H groups in total. The largest absolute Gasteiger partial charge is 0.478 e. The molecule has 2 rings (SSSR count). The Bertz CT molecular complexity index is 584. The fourth-order valence-electron chi connectivity index (χ4n) is 1.70. The zero-order valence-electron chi connectivity index (χ0n) is 10.0. The van der Waals surface area contributed by atoms with E-state index in [1.807, 2.05) is 12.3 Å². The van der Waals surface area contributed by atoms with Crippen LogP contribution in [0.4, 0.5) is 11.4 Å². The van der Waals surface area contributed by atoms with Crippen LogP contribution < -0.4 is 11.1 Å². The topological polar surface area (TPSA) is 93.2 Å². The van der Waals surface area contributed by atoms with Crippen molar-refractivity contribution in [1.29, 1.82) is 0 Å². The number of nitrogens with two attached hydrogens (primary N) is 1. The zero-order valence-corrected chi connectivity index (χ0v) is 10.8. The molecule has 6 nitrogen and oxygen atoms in total. The van der Waals surface area contributed by atoms with Crippen LogP contribution in [-0.4, -0.2) is 27.4 Å². The Labute approximate surface area is 114 Å². The van der Waals surface area contributed by atoms with Gasteiger partial charge in [-0.2, -0.15) is 5.10 Å². The normalized spacial score (nSPS) is 10.4. The summed E-state index contributed by atoms with van der Waals surface area (Å²) < 4.78 is 1.73. The number of rotatable bonds is 5. The van der Waals surface area contributed by atoms with Gasteiger partial charge in [-0.3, -0.25) is 4.68 Å². The molecule has 0 saturated carbocycles. The van der Waals surface area contributed by atoms with E-state index in [1.54, 1.807) is 10.9 Å². The maximum atomic E-state index is 11.1. The Morgan fingerprint density at radius 2 is 2.32 bits per heavy atom. The van der Waals surface area contributed by atoms with Crippen molar-refractivity contribution in [1.82, 2.24) is 9.78 Å². The molecule has 100 valence electrons. The number of carbonyl (C=O) groups is 1. The summed E-state index contributed by atoms with van der Waals surface area (Å²) in [4.78, 5) is 11.1. The lowest BCUT2D eigenvalue weighted by atomic mass is 10.1. The fourth-order valence-corrected chi connectivity index (χ4v) is 2.00. The van der Waals surface area contributed by atoms with Gasteiger partial charge in [-0.05, 0) is 18.2 Å². The van der Waals surface area contributed by atoms with Crippen molar-refractivity contribution in [2.45, 2.75) is 6.54 Å². The summed E-state index contributed by atoms with van der Waals surface area (Å²) in [6.45, 7) is 1.11. The van der Waals surface area contributed by atoms with Crippen molar-refractivity contribution in [2.75, 3.05) is 17.6 Å². The average Bonchev–Trinajstić information content (AvgIpc) is 2.84. The number of halogens is 1. The van der Waals surface area contributed by atoms with E-state index in [0.717, 1.165) is 0 Å². The van der Waals surface area contributed by atoms with E-state index in [0.29, 0.717) is 24.5 Å². The Kier molecular flexibility index (Phi) is 3.91. The van der Waals surface area contributed by atoms with E-state index in [9.17, 15) is 4.79 Å². The van der Waals surface area contributed by atoms with Gasteiger partial charge in [0.05, 0.1) is 22.8 Å². The minimum atomic E-state index is -1.07. The van der Waals surface area contributed by atoms with Gasteiger partial charge >= 0.3 is 5.97 Å². The summed E-state index contributed by atoms with van der Waals surface area (Å²) in [6.07, 6.45) is 3.50. The molecule has 0 radical (unpaired) electrons. The Morgan fingerprint density at radius 1 is 1.53 bits per heavy atom. The van der Waals surface area contributed by atoms with E-state index in [1.165, 1.54) is 12.1 Å². The molecule has 2 aromatic rings. The molecule has 0 aliphatic carbocycles. The van der Waals surface area contributed by atoms with Gasteiger partial charge in [0.15, 0.2) is 0 Å². The molecule has 0 aliphatic heterocycles. The minimum Gasteiger partial charge on any atom is -0.478 e. The monoisotopic (exact) mass is 280 g/mol. The van der Waals surface area contributed by atoms with Gasteiger partial charge in [0, 0.05) is 24.6 Å². The van der Waals surface area contributed by atoms with Gasteiger partial charge in [-0.15, -0.1) is 0 Å². The number of aromatic carboxylic acids is 1. The maximum absolute atomic E-state index is 11.1. The number of nitrogens with zero attached hydrogens (tertiary/aromatic N) is 2. The molecular formula is C12H13ClN4O2. The molecule has 0 aliphatic rings. The lowest BCUT2D eigenvalue weighted by molar-refractivity contribution is 0.0698. The van der Waals surface area contributed by atoms with Crippen molar-refractivity contribution in [3.8, 4) is 0 Å². The van der Waals surface area contributed by atoms with Gasteiger partial charge in [0.1, 0.15) is 0 Å². The second-order valence-electron chi connectivity index (χ2n) is 3.93. The SMILES string of the molecule is Nc1cc(Cl)c(NCCn2cccn2)c(C(=O)O)c1. The summed E-state index contributed by atoms with van der Waals surface area (Å²) in [7, 11) is 0. The molecule has 1 aromatic heterocycles. The first kappa shape index (κ1) is 13.2. The molecule has 0 atom stereocenters. The molecule has 1 aromatic carbocycles. The summed E-state index contributed by atoms with van der Waals surface area (Å²) in [5, 5.41) is 16.5. The van der Waals surface area contributed by atoms with Crippen LogP contribution in [-0.2, 0) is 6.54 Å². The lowest BCUT2D eigenvalue weighted by Crippen LogP contribution is -2.14. The highest BCUT2D eigenvalue weighted by Gasteiger charge is 2.14. The van der Waals surface area contributed by atoms with Gasteiger partial charge in [-0.1, -0.05) is 11.6 Å². The summed E-state index contributed by atoms with van der Waals surface area (Å²) in [5.41, 5.74) is 6.33. The van der Waals surface area contributed by atoms with Gasteiger partial charge in [0.25, 0.3) is 0 Å². The highest BCUT2D eigenvalue weighted by atomic mass is 35.5. The molecule has 0 fully saturated rings. The number of hydrogen-bond acceptors (Lipinski definition) is 4. The van der Waals surface area contributed by atoms with Crippen LogP contribution in [0.25, 0.3) is 0 Å². The third kappa shape index (κ3) is 3.17. The summed E-state index contributed by atoms with van der Waals surface area (Å²) in [6, 6.07) is 4.72. The molecule has 0 spiro atoms. The van der Waals surface area contributed by atoms with Crippen molar-refractivity contribution >= 4 is 28.9 Å². The van der Waals surface area contributed by atoms with Crippen LogP contribution >= 0.6 is 11.6 Å². The van der Waals surface area contributed by atoms with Crippen molar-refractivity contribution in [3.05, 3.63) is 41.2 Å². The summed E-state index contributed by atoms with van der Waals surface area (Å²) in [5.74, 6) is -1.07. The Morgan fingerprint density at radius 3 is 2.95 bits per heavy atom. The minimum absolute atomic E-state index is 0.0606. The first-order chi connectivity index (χ1) is 9.08. The molecule has 0 amide bonds. The van der Waals surface area contributed by atoms with Gasteiger partial charge in [0.2, 0.25) is 0 Å². The van der Waals surface area contributed by atoms with Crippen LogP contribution in [0.15, 0.2) is 30.6 Å². The quantitative estimate of drug-likeness (QED) is 0.728. The van der Waals surface area contributed by atoms with Crippen molar-refractivity contribution < 1.29 is 9.90 Å². The van der Waals surface area contributed by atoms with Crippen molar-refractivity contribution in [2.24, 2.45) is 0 Å². The fraction of sp³-hybridized carbons (Fsp3) is 0.167. The second-order valence-corrected chi connectivity index (χ2v) is 4.33. The van der Waals surface area contributed by atoms with Crippen LogP contribution in [0.2, 0.25) is 5.02 Å². The third-order valence-electron chi connectivity index (χ3n) is 2.54. The van der Waals surface area contributed by atoms with E-state index in [-0.39, 0.29) is 10.6 Å². The predicted molar refractivity (Wildman–Crippen MR) is 73.5 cm³/mol. The van der Waals surface area contributed by atoms with Crippen LogP contribution in [0.3, 0.4) is 0 Å². The van der Waals surface area contributed by atoms with Crippen LogP contribution in [0, 0.1) is 0 Å². The van der Waals surface area contributed by atoms with Crippen LogP contribution in [0.1, 0.15) is 10.4 Å². The Balaban J connectivity index is 2.12. The average molecular weight is 281 g/mol. The lowest BCUT2D eigenvalue weighted by Gasteiger charge is -2.12. The van der Waals surface area contributed by atoms with Crippen LogP contribution in [0.5, 0.6) is 0 Å². The standard InChI is InChI=1S/C12H13ClN4O2/c13-10-7-8(14)6-9(12(18)19)11(10)15-3-5-17-4-1-2-16-17/h1-2,4,6-7,15H,3,5,14H2,(H,18,19).